The number of thiazole rings is 1. The van der Waals surface area contributed by atoms with Crippen LogP contribution in [0, 0.1) is 6.92 Å². The zero-order valence-electron chi connectivity index (χ0n) is 13.1. The molecule has 0 aliphatic carbocycles. The highest BCUT2D eigenvalue weighted by Crippen LogP contribution is 2.13. The van der Waals surface area contributed by atoms with Crippen molar-refractivity contribution in [3.05, 3.63) is 28.2 Å². The number of nitrogens with zero attached hydrogens (tertiary/aromatic N) is 2. The number of rotatable bonds is 9. The summed E-state index contributed by atoms with van der Waals surface area (Å²) in [5, 5.41) is 0. The number of ether oxygens (including phenoxy) is 1. The number of unbranched alkanes of at least 4 members (excludes halogenated alkanes) is 2. The van der Waals surface area contributed by atoms with Gasteiger partial charge in [0.15, 0.2) is 0 Å². The summed E-state index contributed by atoms with van der Waals surface area (Å²) in [5.41, 5.74) is 2.78. The lowest BCUT2D eigenvalue weighted by molar-refractivity contribution is -0.144. The molecule has 23 heavy (non-hydrogen) atoms. The molecule has 1 aromatic heterocycles. The van der Waals surface area contributed by atoms with Crippen LogP contribution < -0.4 is 0 Å². The molecular weight excluding hydrogens is 316 g/mol. The molecule has 0 spiro atoms. The van der Waals surface area contributed by atoms with Gasteiger partial charge in [-0.05, 0) is 19.8 Å². The van der Waals surface area contributed by atoms with Crippen molar-refractivity contribution in [3.8, 4) is 0 Å². The Hall–Kier alpha value is -2.02. The van der Waals surface area contributed by atoms with Crippen LogP contribution >= 0.6 is 11.3 Å². The van der Waals surface area contributed by atoms with Gasteiger partial charge in [-0.1, -0.05) is 6.42 Å². The molecule has 0 atom stereocenters. The smallest absolute Gasteiger partial charge is 0.305 e. The van der Waals surface area contributed by atoms with Gasteiger partial charge in [0, 0.05) is 36.4 Å². The van der Waals surface area contributed by atoms with Crippen LogP contribution in [0.15, 0.2) is 17.7 Å². The first kappa shape index (κ1) is 17.3. The molecule has 2 heterocycles. The van der Waals surface area contributed by atoms with E-state index in [0.29, 0.717) is 38.8 Å². The summed E-state index contributed by atoms with van der Waals surface area (Å²) in [5.74, 6) is -0.720. The van der Waals surface area contributed by atoms with Gasteiger partial charge >= 0.3 is 5.97 Å². The third-order valence-electron chi connectivity index (χ3n) is 3.60. The molecule has 0 fully saturated rings. The maximum atomic E-state index is 11.6. The van der Waals surface area contributed by atoms with E-state index in [-0.39, 0.29) is 17.8 Å². The lowest BCUT2D eigenvalue weighted by Crippen LogP contribution is -2.30. The zero-order chi connectivity index (χ0) is 16.7. The molecule has 0 radical (unpaired) electrons. The molecule has 0 N–H and O–H groups in total. The third-order valence-corrected chi connectivity index (χ3v) is 4.60. The number of aromatic nitrogens is 1. The minimum absolute atomic E-state index is 0.206. The first-order valence-electron chi connectivity index (χ1n) is 7.66. The molecular formula is C16H20N2O4S. The van der Waals surface area contributed by atoms with Crippen LogP contribution in [0.3, 0.4) is 0 Å². The van der Waals surface area contributed by atoms with E-state index < -0.39 is 0 Å². The van der Waals surface area contributed by atoms with Crippen LogP contribution in [-0.2, 0) is 25.5 Å². The van der Waals surface area contributed by atoms with Gasteiger partial charge < -0.3 is 4.74 Å². The fourth-order valence-corrected chi connectivity index (χ4v) is 3.03. The Bertz CT molecular complexity index is 591. The van der Waals surface area contributed by atoms with Gasteiger partial charge in [0.25, 0.3) is 11.8 Å². The molecule has 124 valence electrons. The van der Waals surface area contributed by atoms with E-state index >= 15 is 0 Å². The Morgan fingerprint density at radius 2 is 1.96 bits per heavy atom. The van der Waals surface area contributed by atoms with Crippen LogP contribution in [0.4, 0.5) is 0 Å². The molecule has 7 heteroatoms. The number of carbonyl (C=O) groups excluding carboxylic acids is 3. The summed E-state index contributed by atoms with van der Waals surface area (Å²) in [6.07, 6.45) is 5.81. The van der Waals surface area contributed by atoms with Crippen molar-refractivity contribution in [3.63, 3.8) is 0 Å². The Balaban J connectivity index is 1.51. The second kappa shape index (κ2) is 8.57. The standard InChI is InChI=1S/C16H20N2O4S/c1-12-13(23-11-17-12)8-10-22-16(21)5-3-2-4-9-18-14(19)6-7-15(18)20/h6-7,11H,2-5,8-10H2,1H3. The fraction of sp³-hybridized carbons (Fsp3) is 0.500. The molecule has 0 unspecified atom stereocenters. The number of hydrogen-bond acceptors (Lipinski definition) is 6. The van der Waals surface area contributed by atoms with Crippen LogP contribution in [-0.4, -0.2) is 40.8 Å². The summed E-state index contributed by atoms with van der Waals surface area (Å²) in [6.45, 7) is 2.73. The van der Waals surface area contributed by atoms with Gasteiger partial charge in [-0.2, -0.15) is 0 Å². The largest absolute Gasteiger partial charge is 0.465 e. The van der Waals surface area contributed by atoms with Crippen molar-refractivity contribution in [1.82, 2.24) is 9.88 Å². The van der Waals surface area contributed by atoms with Crippen molar-refractivity contribution < 1.29 is 19.1 Å². The lowest BCUT2D eigenvalue weighted by Gasteiger charge is -2.12. The van der Waals surface area contributed by atoms with Gasteiger partial charge in [-0.15, -0.1) is 11.3 Å². The van der Waals surface area contributed by atoms with E-state index in [1.54, 1.807) is 16.8 Å². The second-order valence-corrected chi connectivity index (χ2v) is 6.24. The average molecular weight is 336 g/mol. The highest BCUT2D eigenvalue weighted by Gasteiger charge is 2.22. The van der Waals surface area contributed by atoms with Gasteiger partial charge in [-0.25, -0.2) is 4.98 Å². The quantitative estimate of drug-likeness (QED) is 0.392. The molecule has 6 nitrogen and oxygen atoms in total. The zero-order valence-corrected chi connectivity index (χ0v) is 13.9. The number of imide groups is 1. The lowest BCUT2D eigenvalue weighted by atomic mass is 10.2. The van der Waals surface area contributed by atoms with Crippen LogP contribution in [0.5, 0.6) is 0 Å². The van der Waals surface area contributed by atoms with E-state index in [0.717, 1.165) is 17.0 Å². The molecule has 0 saturated heterocycles. The molecule has 2 rings (SSSR count). The third kappa shape index (κ3) is 5.28. The molecule has 0 saturated carbocycles. The Labute approximate surface area is 139 Å². The topological polar surface area (TPSA) is 76.6 Å². The normalized spacial score (nSPS) is 13.9. The van der Waals surface area contributed by atoms with E-state index in [9.17, 15) is 14.4 Å². The van der Waals surface area contributed by atoms with Gasteiger partial charge in [0.1, 0.15) is 0 Å². The van der Waals surface area contributed by atoms with Crippen molar-refractivity contribution in [2.45, 2.75) is 39.0 Å². The number of esters is 1. The minimum atomic E-state index is -0.257. The fourth-order valence-electron chi connectivity index (χ4n) is 2.26. The van der Waals surface area contributed by atoms with Crippen molar-refractivity contribution in [1.29, 1.82) is 0 Å². The van der Waals surface area contributed by atoms with Crippen molar-refractivity contribution in [2.75, 3.05) is 13.2 Å². The molecule has 2 amide bonds. The van der Waals surface area contributed by atoms with Gasteiger partial charge in [-0.3, -0.25) is 19.3 Å². The number of carbonyl (C=O) groups is 3. The maximum Gasteiger partial charge on any atom is 0.305 e. The van der Waals surface area contributed by atoms with Crippen molar-refractivity contribution in [2.24, 2.45) is 0 Å². The first-order chi connectivity index (χ1) is 11.1. The number of amides is 2. The molecule has 0 aromatic carbocycles. The van der Waals surface area contributed by atoms with E-state index in [2.05, 4.69) is 4.98 Å². The summed E-state index contributed by atoms with van der Waals surface area (Å²) in [7, 11) is 0. The summed E-state index contributed by atoms with van der Waals surface area (Å²) < 4.78 is 5.20. The van der Waals surface area contributed by atoms with E-state index in [4.69, 9.17) is 4.74 Å². The van der Waals surface area contributed by atoms with Crippen LogP contribution in [0.1, 0.15) is 36.3 Å². The van der Waals surface area contributed by atoms with Gasteiger partial charge in [0.05, 0.1) is 17.8 Å². The monoisotopic (exact) mass is 336 g/mol. The minimum Gasteiger partial charge on any atom is -0.465 e. The molecule has 1 aliphatic rings. The molecule has 1 aromatic rings. The van der Waals surface area contributed by atoms with Crippen LogP contribution in [0.2, 0.25) is 0 Å². The highest BCUT2D eigenvalue weighted by molar-refractivity contribution is 7.09. The summed E-state index contributed by atoms with van der Waals surface area (Å²) >= 11 is 1.57. The number of hydrogen-bond donors (Lipinski definition) is 0. The summed E-state index contributed by atoms with van der Waals surface area (Å²) in [6, 6.07) is 0. The number of aryl methyl sites for hydroxylation is 1. The molecule has 0 bridgehead atoms. The van der Waals surface area contributed by atoms with Crippen LogP contribution in [0.25, 0.3) is 0 Å². The predicted molar refractivity (Wildman–Crippen MR) is 85.8 cm³/mol. The predicted octanol–water partition coefficient (Wildman–Crippen LogP) is 2.02. The second-order valence-electron chi connectivity index (χ2n) is 5.30. The molecule has 1 aliphatic heterocycles. The first-order valence-corrected chi connectivity index (χ1v) is 8.54. The average Bonchev–Trinajstić information content (AvgIpc) is 3.06. The Morgan fingerprint density at radius 1 is 1.22 bits per heavy atom. The van der Waals surface area contributed by atoms with Gasteiger partial charge in [0.2, 0.25) is 0 Å². The summed E-state index contributed by atoms with van der Waals surface area (Å²) in [4.78, 5) is 40.8. The van der Waals surface area contributed by atoms with E-state index in [1.807, 2.05) is 6.92 Å². The maximum absolute atomic E-state index is 11.6. The Kier molecular flexibility index (Phi) is 6.46. The SMILES string of the molecule is Cc1ncsc1CCOC(=O)CCCCCN1C(=O)C=CC1=O. The van der Waals surface area contributed by atoms with Crippen molar-refractivity contribution >= 4 is 29.1 Å². The highest BCUT2D eigenvalue weighted by atomic mass is 32.1. The Morgan fingerprint density at radius 3 is 2.61 bits per heavy atom. The van der Waals surface area contributed by atoms with E-state index in [1.165, 1.54) is 17.1 Å².